The molecule has 0 saturated heterocycles. The summed E-state index contributed by atoms with van der Waals surface area (Å²) in [4.78, 5) is 18.8. The maximum Gasteiger partial charge on any atom is 0.274 e. The number of pyridine rings is 1. The van der Waals surface area contributed by atoms with Crippen LogP contribution in [0.3, 0.4) is 0 Å². The van der Waals surface area contributed by atoms with Crippen LogP contribution in [0, 0.1) is 0 Å². The lowest BCUT2D eigenvalue weighted by Gasteiger charge is -2.22. The predicted molar refractivity (Wildman–Crippen MR) is 85.7 cm³/mol. The van der Waals surface area contributed by atoms with Crippen molar-refractivity contribution in [2.75, 3.05) is 5.73 Å². The Morgan fingerprint density at radius 2 is 2.14 bits per heavy atom. The highest BCUT2D eigenvalue weighted by Gasteiger charge is 2.34. The molecule has 4 nitrogen and oxygen atoms in total. The van der Waals surface area contributed by atoms with Crippen molar-refractivity contribution >= 4 is 27.5 Å². The van der Waals surface area contributed by atoms with E-state index in [2.05, 4.69) is 20.9 Å². The largest absolute Gasteiger partial charge is 0.399 e. The lowest BCUT2D eigenvalue weighted by atomic mass is 10.2. The molecular weight excluding hydrogens is 330 g/mol. The molecule has 0 bridgehead atoms. The fourth-order valence-electron chi connectivity index (χ4n) is 2.32. The minimum absolute atomic E-state index is 0.0348. The van der Waals surface area contributed by atoms with Gasteiger partial charge in [-0.1, -0.05) is 12.1 Å². The SMILES string of the molecule is Nc1cccc(CN(C(=O)c2ncccc2Br)C2CC2)c1. The lowest BCUT2D eigenvalue weighted by Crippen LogP contribution is -2.33. The molecule has 1 aromatic carbocycles. The molecule has 5 heteroatoms. The van der Waals surface area contributed by atoms with Gasteiger partial charge in [-0.2, -0.15) is 0 Å². The molecule has 2 aromatic rings. The Morgan fingerprint density at radius 1 is 1.33 bits per heavy atom. The number of nitrogens with two attached hydrogens (primary N) is 1. The topological polar surface area (TPSA) is 59.2 Å². The minimum atomic E-state index is -0.0348. The van der Waals surface area contributed by atoms with Gasteiger partial charge in [0, 0.05) is 28.9 Å². The number of halogens is 1. The van der Waals surface area contributed by atoms with Crippen molar-refractivity contribution in [3.05, 3.63) is 58.3 Å². The van der Waals surface area contributed by atoms with Crippen molar-refractivity contribution in [2.45, 2.75) is 25.4 Å². The zero-order chi connectivity index (χ0) is 14.8. The fraction of sp³-hybridized carbons (Fsp3) is 0.250. The van der Waals surface area contributed by atoms with Crippen LogP contribution in [0.5, 0.6) is 0 Å². The van der Waals surface area contributed by atoms with Crippen molar-refractivity contribution in [1.82, 2.24) is 9.88 Å². The Kier molecular flexibility index (Phi) is 3.92. The molecule has 108 valence electrons. The first-order valence-electron chi connectivity index (χ1n) is 6.91. The molecule has 1 saturated carbocycles. The first-order chi connectivity index (χ1) is 10.1. The summed E-state index contributed by atoms with van der Waals surface area (Å²) in [6, 6.07) is 11.6. The number of nitrogens with zero attached hydrogens (tertiary/aromatic N) is 2. The smallest absolute Gasteiger partial charge is 0.274 e. The van der Waals surface area contributed by atoms with E-state index in [1.165, 1.54) is 0 Å². The van der Waals surface area contributed by atoms with E-state index in [9.17, 15) is 4.79 Å². The number of anilines is 1. The van der Waals surface area contributed by atoms with Crippen LogP contribution in [-0.2, 0) is 6.54 Å². The van der Waals surface area contributed by atoms with Gasteiger partial charge in [0.25, 0.3) is 5.91 Å². The van der Waals surface area contributed by atoms with Crippen molar-refractivity contribution in [2.24, 2.45) is 0 Å². The summed E-state index contributed by atoms with van der Waals surface area (Å²) in [5.74, 6) is -0.0348. The third kappa shape index (κ3) is 3.24. The van der Waals surface area contributed by atoms with Crippen molar-refractivity contribution in [3.63, 3.8) is 0 Å². The summed E-state index contributed by atoms with van der Waals surface area (Å²) in [7, 11) is 0. The molecule has 21 heavy (non-hydrogen) atoms. The van der Waals surface area contributed by atoms with Gasteiger partial charge in [-0.15, -0.1) is 0 Å². The maximum atomic E-state index is 12.7. The van der Waals surface area contributed by atoms with Gasteiger partial charge in [0.1, 0.15) is 5.69 Å². The summed E-state index contributed by atoms with van der Waals surface area (Å²) in [6.45, 7) is 0.567. The van der Waals surface area contributed by atoms with Crippen LogP contribution in [0.1, 0.15) is 28.9 Å². The van der Waals surface area contributed by atoms with Gasteiger partial charge in [0.05, 0.1) is 0 Å². The molecular formula is C16H16BrN3O. The molecule has 0 aliphatic heterocycles. The fourth-order valence-corrected chi connectivity index (χ4v) is 2.74. The Hall–Kier alpha value is -1.88. The standard InChI is InChI=1S/C16H16BrN3O/c17-14-5-2-8-19-15(14)16(21)20(13-6-7-13)10-11-3-1-4-12(18)9-11/h1-5,8-9,13H,6-7,10,18H2. The van der Waals surface area contributed by atoms with E-state index in [1.54, 1.807) is 12.3 Å². The van der Waals surface area contributed by atoms with E-state index in [0.29, 0.717) is 18.3 Å². The molecule has 0 radical (unpaired) electrons. The summed E-state index contributed by atoms with van der Waals surface area (Å²) < 4.78 is 0.730. The van der Waals surface area contributed by atoms with Gasteiger partial charge in [0.2, 0.25) is 0 Å². The summed E-state index contributed by atoms with van der Waals surface area (Å²) in [5.41, 5.74) is 8.04. The van der Waals surface area contributed by atoms with Gasteiger partial charge in [-0.25, -0.2) is 4.98 Å². The summed E-state index contributed by atoms with van der Waals surface area (Å²) >= 11 is 3.40. The Bertz CT molecular complexity index is 670. The molecule has 1 aromatic heterocycles. The van der Waals surface area contributed by atoms with E-state index >= 15 is 0 Å². The highest BCUT2D eigenvalue weighted by Crippen LogP contribution is 2.30. The molecule has 0 unspecified atom stereocenters. The molecule has 1 aliphatic carbocycles. The molecule has 1 heterocycles. The van der Waals surface area contributed by atoms with Crippen LogP contribution >= 0.6 is 15.9 Å². The highest BCUT2D eigenvalue weighted by atomic mass is 79.9. The number of rotatable bonds is 4. The second kappa shape index (κ2) is 5.85. The summed E-state index contributed by atoms with van der Waals surface area (Å²) in [5, 5.41) is 0. The van der Waals surface area contributed by atoms with Crippen LogP contribution in [0.25, 0.3) is 0 Å². The normalized spacial score (nSPS) is 14.0. The maximum absolute atomic E-state index is 12.7. The van der Waals surface area contributed by atoms with Crippen molar-refractivity contribution in [3.8, 4) is 0 Å². The number of carbonyl (C=O) groups excluding carboxylic acids is 1. The van der Waals surface area contributed by atoms with E-state index < -0.39 is 0 Å². The average Bonchev–Trinajstić information content (AvgIpc) is 3.29. The Balaban J connectivity index is 1.85. The third-order valence-corrected chi connectivity index (χ3v) is 4.15. The van der Waals surface area contributed by atoms with Gasteiger partial charge in [-0.3, -0.25) is 4.79 Å². The van der Waals surface area contributed by atoms with Gasteiger partial charge in [0.15, 0.2) is 0 Å². The molecule has 0 spiro atoms. The Labute approximate surface area is 132 Å². The lowest BCUT2D eigenvalue weighted by molar-refractivity contribution is 0.0723. The van der Waals surface area contributed by atoms with Crippen LogP contribution in [0.15, 0.2) is 47.1 Å². The minimum Gasteiger partial charge on any atom is -0.399 e. The van der Waals surface area contributed by atoms with E-state index in [-0.39, 0.29) is 5.91 Å². The Morgan fingerprint density at radius 3 is 2.81 bits per heavy atom. The molecule has 1 fully saturated rings. The zero-order valence-electron chi connectivity index (χ0n) is 11.5. The summed E-state index contributed by atoms with van der Waals surface area (Å²) in [6.07, 6.45) is 3.75. The number of hydrogen-bond donors (Lipinski definition) is 1. The molecule has 2 N–H and O–H groups in total. The molecule has 3 rings (SSSR count). The monoisotopic (exact) mass is 345 g/mol. The first kappa shape index (κ1) is 14.1. The predicted octanol–water partition coefficient (Wildman–Crippen LogP) is 3.23. The van der Waals surface area contributed by atoms with Gasteiger partial charge < -0.3 is 10.6 Å². The van der Waals surface area contributed by atoms with Crippen LogP contribution in [-0.4, -0.2) is 21.8 Å². The molecule has 1 aliphatic rings. The number of nitrogen functional groups attached to an aromatic ring is 1. The van der Waals surface area contributed by atoms with E-state index in [1.807, 2.05) is 35.2 Å². The number of hydrogen-bond acceptors (Lipinski definition) is 3. The average molecular weight is 346 g/mol. The van der Waals surface area contributed by atoms with Gasteiger partial charge >= 0.3 is 0 Å². The zero-order valence-corrected chi connectivity index (χ0v) is 13.1. The first-order valence-corrected chi connectivity index (χ1v) is 7.70. The second-order valence-corrected chi connectivity index (χ2v) is 6.10. The molecule has 1 amide bonds. The number of aromatic nitrogens is 1. The van der Waals surface area contributed by atoms with Crippen LogP contribution in [0.4, 0.5) is 5.69 Å². The van der Waals surface area contributed by atoms with Gasteiger partial charge in [-0.05, 0) is 58.6 Å². The number of carbonyl (C=O) groups is 1. The van der Waals surface area contributed by atoms with Crippen LogP contribution in [0.2, 0.25) is 0 Å². The number of benzene rings is 1. The van der Waals surface area contributed by atoms with E-state index in [4.69, 9.17) is 5.73 Å². The quantitative estimate of drug-likeness (QED) is 0.865. The third-order valence-electron chi connectivity index (χ3n) is 3.51. The molecule has 0 atom stereocenters. The van der Waals surface area contributed by atoms with Crippen molar-refractivity contribution < 1.29 is 4.79 Å². The van der Waals surface area contributed by atoms with E-state index in [0.717, 1.165) is 28.6 Å². The highest BCUT2D eigenvalue weighted by molar-refractivity contribution is 9.10. The van der Waals surface area contributed by atoms with Crippen LogP contribution < -0.4 is 5.73 Å². The second-order valence-electron chi connectivity index (χ2n) is 5.24. The van der Waals surface area contributed by atoms with Crippen molar-refractivity contribution in [1.29, 1.82) is 0 Å². The number of amides is 1.